The molecule has 0 radical (unpaired) electrons. The average Bonchev–Trinajstić information content (AvgIpc) is 2.52. The molecule has 2 rings (SSSR count). The average molecular weight is 273 g/mol. The Morgan fingerprint density at radius 1 is 1.15 bits per heavy atom. The number of nitrogens with zero attached hydrogens (tertiary/aromatic N) is 1. The van der Waals surface area contributed by atoms with Gasteiger partial charge in [0.2, 0.25) is 0 Å². The van der Waals surface area contributed by atoms with E-state index in [4.69, 9.17) is 15.3 Å². The van der Waals surface area contributed by atoms with Crippen LogP contribution in [0.25, 0.3) is 0 Å². The van der Waals surface area contributed by atoms with Crippen molar-refractivity contribution in [3.8, 4) is 11.5 Å². The Labute approximate surface area is 118 Å². The Kier molecular flexibility index (Phi) is 4.92. The maximum atomic E-state index is 5.71. The van der Waals surface area contributed by atoms with Crippen molar-refractivity contribution in [3.05, 3.63) is 53.9 Å². The van der Waals surface area contributed by atoms with Gasteiger partial charge in [0, 0.05) is 18.0 Å². The molecule has 1 heterocycles. The van der Waals surface area contributed by atoms with Crippen LogP contribution in [0.5, 0.6) is 11.5 Å². The quantitative estimate of drug-likeness (QED) is 0.621. The lowest BCUT2D eigenvalue weighted by Crippen LogP contribution is -2.30. The molecule has 1 unspecified atom stereocenters. The highest BCUT2D eigenvalue weighted by atomic mass is 16.5. The standard InChI is InChI=1S/C15H19N3O2/c1-19-14-5-3-4-12(15(14)20-2)13(18-16)10-11-6-8-17-9-7-11/h3-9,13,18H,10,16H2,1-2H3. The SMILES string of the molecule is COc1cccc(C(Cc2ccncc2)NN)c1OC. The fourth-order valence-corrected chi connectivity index (χ4v) is 2.20. The second kappa shape index (κ2) is 6.88. The molecule has 3 N–H and O–H groups in total. The number of aromatic nitrogens is 1. The monoisotopic (exact) mass is 273 g/mol. The molecule has 2 aromatic rings. The Hall–Kier alpha value is -2.11. The molecular weight excluding hydrogens is 254 g/mol. The lowest BCUT2D eigenvalue weighted by Gasteiger charge is -2.20. The summed E-state index contributed by atoms with van der Waals surface area (Å²) in [5, 5.41) is 0. The van der Waals surface area contributed by atoms with E-state index in [0.29, 0.717) is 11.5 Å². The van der Waals surface area contributed by atoms with Crippen molar-refractivity contribution < 1.29 is 9.47 Å². The Balaban J connectivity index is 2.32. The topological polar surface area (TPSA) is 69.4 Å². The van der Waals surface area contributed by atoms with Crippen LogP contribution >= 0.6 is 0 Å². The Morgan fingerprint density at radius 3 is 2.50 bits per heavy atom. The molecular formula is C15H19N3O2. The lowest BCUT2D eigenvalue weighted by molar-refractivity contribution is 0.346. The van der Waals surface area contributed by atoms with Crippen molar-refractivity contribution in [2.45, 2.75) is 12.5 Å². The van der Waals surface area contributed by atoms with Crippen LogP contribution in [0, 0.1) is 0 Å². The number of methoxy groups -OCH3 is 2. The molecule has 106 valence electrons. The number of benzene rings is 1. The second-order valence-electron chi connectivity index (χ2n) is 4.36. The fraction of sp³-hybridized carbons (Fsp3) is 0.267. The molecule has 1 atom stereocenters. The highest BCUT2D eigenvalue weighted by Crippen LogP contribution is 2.35. The summed E-state index contributed by atoms with van der Waals surface area (Å²) in [4.78, 5) is 4.02. The molecule has 0 aliphatic heterocycles. The van der Waals surface area contributed by atoms with E-state index in [1.807, 2.05) is 30.3 Å². The zero-order chi connectivity index (χ0) is 14.4. The van der Waals surface area contributed by atoms with Gasteiger partial charge >= 0.3 is 0 Å². The molecule has 0 amide bonds. The third kappa shape index (κ3) is 3.07. The predicted octanol–water partition coefficient (Wildman–Crippen LogP) is 1.85. The highest BCUT2D eigenvalue weighted by Gasteiger charge is 2.18. The van der Waals surface area contributed by atoms with E-state index in [2.05, 4.69) is 10.4 Å². The van der Waals surface area contributed by atoms with Crippen LogP contribution in [0.1, 0.15) is 17.2 Å². The van der Waals surface area contributed by atoms with Gasteiger partial charge in [-0.15, -0.1) is 0 Å². The van der Waals surface area contributed by atoms with Crippen LogP contribution in [0.15, 0.2) is 42.7 Å². The molecule has 0 saturated heterocycles. The van der Waals surface area contributed by atoms with Crippen LogP contribution in [0.3, 0.4) is 0 Å². The molecule has 1 aromatic carbocycles. The summed E-state index contributed by atoms with van der Waals surface area (Å²) in [5.41, 5.74) is 4.95. The maximum absolute atomic E-state index is 5.71. The van der Waals surface area contributed by atoms with Gasteiger partial charge in [0.05, 0.1) is 20.3 Å². The number of hydrazine groups is 1. The first-order valence-corrected chi connectivity index (χ1v) is 6.36. The molecule has 0 spiro atoms. The third-order valence-electron chi connectivity index (χ3n) is 3.20. The van der Waals surface area contributed by atoms with E-state index >= 15 is 0 Å². The summed E-state index contributed by atoms with van der Waals surface area (Å²) < 4.78 is 10.8. The Bertz CT molecular complexity index is 546. The van der Waals surface area contributed by atoms with Crippen molar-refractivity contribution in [1.29, 1.82) is 0 Å². The van der Waals surface area contributed by atoms with E-state index < -0.39 is 0 Å². The zero-order valence-corrected chi connectivity index (χ0v) is 11.7. The van der Waals surface area contributed by atoms with E-state index in [0.717, 1.165) is 17.5 Å². The van der Waals surface area contributed by atoms with Crippen LogP contribution in [0.2, 0.25) is 0 Å². The molecule has 0 bridgehead atoms. The summed E-state index contributed by atoms with van der Waals surface area (Å²) >= 11 is 0. The molecule has 20 heavy (non-hydrogen) atoms. The van der Waals surface area contributed by atoms with Gasteiger partial charge in [-0.3, -0.25) is 16.3 Å². The zero-order valence-electron chi connectivity index (χ0n) is 11.7. The van der Waals surface area contributed by atoms with Crippen LogP contribution in [0.4, 0.5) is 0 Å². The number of pyridine rings is 1. The minimum absolute atomic E-state index is 0.0672. The second-order valence-corrected chi connectivity index (χ2v) is 4.36. The van der Waals surface area contributed by atoms with Crippen LogP contribution in [-0.2, 0) is 6.42 Å². The minimum Gasteiger partial charge on any atom is -0.493 e. The third-order valence-corrected chi connectivity index (χ3v) is 3.20. The predicted molar refractivity (Wildman–Crippen MR) is 77.6 cm³/mol. The summed E-state index contributed by atoms with van der Waals surface area (Å²) in [5.74, 6) is 7.10. The van der Waals surface area contributed by atoms with Crippen LogP contribution < -0.4 is 20.7 Å². The first-order chi connectivity index (χ1) is 9.80. The van der Waals surface area contributed by atoms with E-state index in [9.17, 15) is 0 Å². The maximum Gasteiger partial charge on any atom is 0.165 e. The summed E-state index contributed by atoms with van der Waals surface area (Å²) in [6.07, 6.45) is 4.28. The minimum atomic E-state index is -0.0672. The molecule has 5 heteroatoms. The van der Waals surface area contributed by atoms with Gasteiger partial charge in [-0.05, 0) is 30.2 Å². The largest absolute Gasteiger partial charge is 0.493 e. The Morgan fingerprint density at radius 2 is 1.90 bits per heavy atom. The van der Waals surface area contributed by atoms with Gasteiger partial charge < -0.3 is 9.47 Å². The number of nitrogens with one attached hydrogen (secondary N) is 1. The van der Waals surface area contributed by atoms with Gasteiger partial charge in [-0.2, -0.15) is 0 Å². The van der Waals surface area contributed by atoms with Gasteiger partial charge in [-0.1, -0.05) is 12.1 Å². The molecule has 0 aliphatic carbocycles. The fourth-order valence-electron chi connectivity index (χ4n) is 2.20. The van der Waals surface area contributed by atoms with Crippen molar-refractivity contribution in [1.82, 2.24) is 10.4 Å². The van der Waals surface area contributed by atoms with Gasteiger partial charge in [0.25, 0.3) is 0 Å². The van der Waals surface area contributed by atoms with Gasteiger partial charge in [-0.25, -0.2) is 0 Å². The summed E-state index contributed by atoms with van der Waals surface area (Å²) in [6.45, 7) is 0. The molecule has 5 nitrogen and oxygen atoms in total. The molecule has 1 aromatic heterocycles. The first kappa shape index (κ1) is 14.3. The van der Waals surface area contributed by atoms with Gasteiger partial charge in [0.1, 0.15) is 0 Å². The van der Waals surface area contributed by atoms with E-state index in [1.165, 1.54) is 0 Å². The number of para-hydroxylation sites is 1. The number of hydrogen-bond acceptors (Lipinski definition) is 5. The first-order valence-electron chi connectivity index (χ1n) is 6.36. The number of rotatable bonds is 6. The van der Waals surface area contributed by atoms with Crippen molar-refractivity contribution in [2.75, 3.05) is 14.2 Å². The molecule has 0 aliphatic rings. The smallest absolute Gasteiger partial charge is 0.165 e. The number of ether oxygens (including phenoxy) is 2. The number of nitrogens with two attached hydrogens (primary N) is 1. The summed E-state index contributed by atoms with van der Waals surface area (Å²) in [6, 6.07) is 9.64. The lowest BCUT2D eigenvalue weighted by atomic mass is 9.99. The van der Waals surface area contributed by atoms with E-state index in [-0.39, 0.29) is 6.04 Å². The van der Waals surface area contributed by atoms with Crippen molar-refractivity contribution >= 4 is 0 Å². The number of hydrogen-bond donors (Lipinski definition) is 2. The summed E-state index contributed by atoms with van der Waals surface area (Å²) in [7, 11) is 3.25. The van der Waals surface area contributed by atoms with Crippen LogP contribution in [-0.4, -0.2) is 19.2 Å². The van der Waals surface area contributed by atoms with Gasteiger partial charge in [0.15, 0.2) is 11.5 Å². The highest BCUT2D eigenvalue weighted by molar-refractivity contribution is 5.48. The van der Waals surface area contributed by atoms with E-state index in [1.54, 1.807) is 26.6 Å². The molecule has 0 saturated carbocycles. The van der Waals surface area contributed by atoms with Crippen molar-refractivity contribution in [2.24, 2.45) is 5.84 Å². The normalized spacial score (nSPS) is 11.9. The van der Waals surface area contributed by atoms with Crippen molar-refractivity contribution in [3.63, 3.8) is 0 Å². The molecule has 0 fully saturated rings.